The molecule has 1 aromatic rings. The normalized spacial score (nSPS) is 22.4. The smallest absolute Gasteiger partial charge is 0.247 e. The van der Waals surface area contributed by atoms with E-state index in [0.717, 1.165) is 13.0 Å². The Morgan fingerprint density at radius 3 is 2.92 bits per heavy atom. The van der Waals surface area contributed by atoms with Gasteiger partial charge in [-0.3, -0.25) is 0 Å². The molecule has 0 bridgehead atoms. The van der Waals surface area contributed by atoms with Crippen LogP contribution < -0.4 is 10.2 Å². The number of rotatable bonds is 7. The highest BCUT2D eigenvalue weighted by molar-refractivity contribution is 7.91. The van der Waals surface area contributed by atoms with Crippen molar-refractivity contribution in [1.82, 2.24) is 15.2 Å². The molecule has 1 N–H and O–H groups in total. The van der Waals surface area contributed by atoms with E-state index < -0.39 is 9.84 Å². The van der Waals surface area contributed by atoms with Crippen molar-refractivity contribution in [2.75, 3.05) is 34.8 Å². The topological polar surface area (TPSA) is 88.1 Å². The molecule has 3 rings (SSSR count). The maximum Gasteiger partial charge on any atom is 0.247 e. The lowest BCUT2D eigenvalue weighted by atomic mass is 9.97. The summed E-state index contributed by atoms with van der Waals surface area (Å²) in [5, 5.41) is 11.5. The van der Waals surface area contributed by atoms with Crippen LogP contribution in [-0.2, 0) is 9.84 Å². The minimum absolute atomic E-state index is 0.0561. The molecule has 1 atom stereocenters. The van der Waals surface area contributed by atoms with Gasteiger partial charge in [-0.05, 0) is 45.4 Å². The summed E-state index contributed by atoms with van der Waals surface area (Å²) in [5.41, 5.74) is 1.52. The van der Waals surface area contributed by atoms with Crippen molar-refractivity contribution in [3.05, 3.63) is 17.8 Å². The van der Waals surface area contributed by atoms with E-state index in [1.807, 2.05) is 11.8 Å². The minimum atomic E-state index is -2.93. The Kier molecular flexibility index (Phi) is 5.88. The first-order valence-electron chi connectivity index (χ1n) is 9.16. The van der Waals surface area contributed by atoms with Crippen LogP contribution in [0, 0.1) is 0 Å². The molecule has 1 saturated heterocycles. The Balaban J connectivity index is 1.60. The zero-order valence-electron chi connectivity index (χ0n) is 14.8. The average molecular weight is 366 g/mol. The third-order valence-electron chi connectivity index (χ3n) is 4.93. The van der Waals surface area contributed by atoms with Crippen molar-refractivity contribution in [1.29, 1.82) is 0 Å². The number of hydrogen-bond donors (Lipinski definition) is 1. The van der Waals surface area contributed by atoms with Gasteiger partial charge in [0.2, 0.25) is 5.95 Å². The predicted molar refractivity (Wildman–Crippen MR) is 99.6 cm³/mol. The molecule has 2 aliphatic rings. The first-order chi connectivity index (χ1) is 12.1. The third-order valence-corrected chi connectivity index (χ3v) is 6.68. The number of allylic oxidation sites excluding steroid dienone is 1. The summed E-state index contributed by atoms with van der Waals surface area (Å²) in [5.74, 6) is 1.62. The highest BCUT2D eigenvalue weighted by Crippen LogP contribution is 2.22. The number of hydrogen-bond acceptors (Lipinski definition) is 7. The molecular formula is C17H27N5O2S. The van der Waals surface area contributed by atoms with Gasteiger partial charge in [-0.1, -0.05) is 11.6 Å². The van der Waals surface area contributed by atoms with E-state index in [1.54, 1.807) is 6.20 Å². The summed E-state index contributed by atoms with van der Waals surface area (Å²) < 4.78 is 23.5. The fourth-order valence-corrected chi connectivity index (χ4v) is 5.30. The lowest BCUT2D eigenvalue weighted by Crippen LogP contribution is -2.37. The van der Waals surface area contributed by atoms with Gasteiger partial charge in [0.25, 0.3) is 0 Å². The molecule has 138 valence electrons. The summed E-state index contributed by atoms with van der Waals surface area (Å²) in [6, 6.07) is -0.0561. The fourth-order valence-electron chi connectivity index (χ4n) is 3.57. The molecular weight excluding hydrogens is 338 g/mol. The van der Waals surface area contributed by atoms with Crippen LogP contribution in [0.1, 0.15) is 45.4 Å². The SMILES string of the molecule is CCN(c1nncc(NCCC2=CCCCC2)n1)C1CCS(=O)(=O)C1. The standard InChI is InChI=1S/C17H27N5O2S/c1-2-22(15-9-11-25(23,24)13-15)17-20-16(12-19-21-17)18-10-8-14-6-4-3-5-7-14/h6,12,15H,2-5,7-11,13H2,1H3,(H,18,20,21). The number of sulfone groups is 1. The van der Waals surface area contributed by atoms with Gasteiger partial charge in [0.15, 0.2) is 15.7 Å². The van der Waals surface area contributed by atoms with Crippen LogP contribution in [0.2, 0.25) is 0 Å². The van der Waals surface area contributed by atoms with Gasteiger partial charge in [0.1, 0.15) is 0 Å². The molecule has 7 nitrogen and oxygen atoms in total. The van der Waals surface area contributed by atoms with E-state index >= 15 is 0 Å². The Hall–Kier alpha value is -1.70. The Bertz CT molecular complexity index is 720. The van der Waals surface area contributed by atoms with Crippen LogP contribution in [0.3, 0.4) is 0 Å². The van der Waals surface area contributed by atoms with Crippen molar-refractivity contribution in [2.45, 2.75) is 51.5 Å². The molecule has 0 spiro atoms. The Morgan fingerprint density at radius 1 is 1.36 bits per heavy atom. The monoisotopic (exact) mass is 365 g/mol. The van der Waals surface area contributed by atoms with Gasteiger partial charge >= 0.3 is 0 Å². The minimum Gasteiger partial charge on any atom is -0.368 e. The van der Waals surface area contributed by atoms with Crippen LogP contribution in [0.5, 0.6) is 0 Å². The largest absolute Gasteiger partial charge is 0.368 e. The van der Waals surface area contributed by atoms with Crippen molar-refractivity contribution in [3.63, 3.8) is 0 Å². The zero-order valence-corrected chi connectivity index (χ0v) is 15.6. The van der Waals surface area contributed by atoms with Gasteiger partial charge in [-0.25, -0.2) is 8.42 Å². The molecule has 1 fully saturated rings. The quantitative estimate of drug-likeness (QED) is 0.741. The summed E-state index contributed by atoms with van der Waals surface area (Å²) in [6.07, 6.45) is 10.6. The van der Waals surface area contributed by atoms with E-state index in [2.05, 4.69) is 26.6 Å². The molecule has 1 unspecified atom stereocenters. The van der Waals surface area contributed by atoms with Crippen LogP contribution in [0.4, 0.5) is 11.8 Å². The molecule has 0 radical (unpaired) electrons. The summed E-state index contributed by atoms with van der Waals surface area (Å²) in [6.45, 7) is 3.48. The predicted octanol–water partition coefficient (Wildman–Crippen LogP) is 2.19. The van der Waals surface area contributed by atoms with E-state index in [1.165, 1.54) is 31.3 Å². The number of anilines is 2. The van der Waals surface area contributed by atoms with Crippen molar-refractivity contribution in [2.24, 2.45) is 0 Å². The summed E-state index contributed by atoms with van der Waals surface area (Å²) in [4.78, 5) is 6.50. The molecule has 0 saturated carbocycles. The Labute approximate surface area is 149 Å². The summed E-state index contributed by atoms with van der Waals surface area (Å²) in [7, 11) is -2.93. The fraction of sp³-hybridized carbons (Fsp3) is 0.706. The van der Waals surface area contributed by atoms with Gasteiger partial charge in [0, 0.05) is 19.1 Å². The van der Waals surface area contributed by atoms with Gasteiger partial charge < -0.3 is 10.2 Å². The van der Waals surface area contributed by atoms with Crippen molar-refractivity contribution < 1.29 is 8.42 Å². The highest BCUT2D eigenvalue weighted by atomic mass is 32.2. The maximum atomic E-state index is 11.8. The number of nitrogens with one attached hydrogen (secondary N) is 1. The molecule has 2 heterocycles. The van der Waals surface area contributed by atoms with E-state index in [4.69, 9.17) is 0 Å². The van der Waals surface area contributed by atoms with Crippen LogP contribution in [0.25, 0.3) is 0 Å². The van der Waals surface area contributed by atoms with Gasteiger partial charge in [-0.2, -0.15) is 10.1 Å². The molecule has 1 aliphatic heterocycles. The first kappa shape index (κ1) is 18.1. The number of aromatic nitrogens is 3. The average Bonchev–Trinajstić information content (AvgIpc) is 2.97. The van der Waals surface area contributed by atoms with Crippen LogP contribution >= 0.6 is 0 Å². The Morgan fingerprint density at radius 2 is 2.24 bits per heavy atom. The van der Waals surface area contributed by atoms with Crippen LogP contribution in [0.15, 0.2) is 17.8 Å². The lowest BCUT2D eigenvalue weighted by Gasteiger charge is -2.26. The van der Waals surface area contributed by atoms with Crippen molar-refractivity contribution in [3.8, 4) is 0 Å². The van der Waals surface area contributed by atoms with E-state index in [0.29, 0.717) is 24.7 Å². The maximum absolute atomic E-state index is 11.8. The van der Waals surface area contributed by atoms with Gasteiger partial charge in [0.05, 0.1) is 17.7 Å². The highest BCUT2D eigenvalue weighted by Gasteiger charge is 2.33. The molecule has 25 heavy (non-hydrogen) atoms. The third kappa shape index (κ3) is 4.90. The van der Waals surface area contributed by atoms with Crippen LogP contribution in [-0.4, -0.2) is 54.2 Å². The first-order valence-corrected chi connectivity index (χ1v) is 11.0. The molecule has 0 aromatic carbocycles. The van der Waals surface area contributed by atoms with Crippen molar-refractivity contribution >= 4 is 21.6 Å². The van der Waals surface area contributed by atoms with Gasteiger partial charge in [-0.15, -0.1) is 5.10 Å². The second-order valence-electron chi connectivity index (χ2n) is 6.77. The number of nitrogens with zero attached hydrogens (tertiary/aromatic N) is 4. The molecule has 8 heteroatoms. The van der Waals surface area contributed by atoms with E-state index in [9.17, 15) is 8.42 Å². The molecule has 1 aromatic heterocycles. The summed E-state index contributed by atoms with van der Waals surface area (Å²) >= 11 is 0. The second kappa shape index (κ2) is 8.12. The molecule has 0 amide bonds. The lowest BCUT2D eigenvalue weighted by molar-refractivity contribution is 0.598. The second-order valence-corrected chi connectivity index (χ2v) is 9.00. The van der Waals surface area contributed by atoms with E-state index in [-0.39, 0.29) is 17.5 Å². The zero-order chi connectivity index (χ0) is 17.7. The molecule has 1 aliphatic carbocycles.